The highest BCUT2D eigenvalue weighted by atomic mass is 28.3. The van der Waals surface area contributed by atoms with Crippen molar-refractivity contribution in [3.63, 3.8) is 0 Å². The van der Waals surface area contributed by atoms with E-state index in [1.54, 1.807) is 4.57 Å². The molecule has 0 aromatic heterocycles. The highest BCUT2D eigenvalue weighted by molar-refractivity contribution is 6.55. The quantitative estimate of drug-likeness (QED) is 0.558. The summed E-state index contributed by atoms with van der Waals surface area (Å²) in [7, 11) is -1.62. The van der Waals surface area contributed by atoms with E-state index in [0.717, 1.165) is 11.8 Å². The molecule has 1 amide bonds. The maximum Gasteiger partial charge on any atom is 0.402 e. The van der Waals surface area contributed by atoms with Gasteiger partial charge in [0, 0.05) is 0 Å². The molecule has 0 unspecified atom stereocenters. The third kappa shape index (κ3) is 6.45. The van der Waals surface area contributed by atoms with Crippen molar-refractivity contribution >= 4 is 21.3 Å². The van der Waals surface area contributed by atoms with E-state index in [0.29, 0.717) is 0 Å². The van der Waals surface area contributed by atoms with Crippen LogP contribution in [0.25, 0.3) is 0 Å². The van der Waals surface area contributed by atoms with Crippen LogP contribution in [0.5, 0.6) is 0 Å². The number of benzene rings is 1. The summed E-state index contributed by atoms with van der Waals surface area (Å²) in [6.45, 7) is 11.8. The summed E-state index contributed by atoms with van der Waals surface area (Å²) in [6.07, 6.45) is -0.0728. The zero-order valence-corrected chi connectivity index (χ0v) is 16.6. The van der Waals surface area contributed by atoms with E-state index in [1.807, 2.05) is 71.1 Å². The van der Waals surface area contributed by atoms with E-state index in [-0.39, 0.29) is 6.61 Å². The maximum atomic E-state index is 12.6. The molecule has 1 aromatic carbocycles. The molecule has 5 nitrogen and oxygen atoms in total. The second-order valence-corrected chi connectivity index (χ2v) is 9.85. The second kappa shape index (κ2) is 8.99. The third-order valence-electron chi connectivity index (χ3n) is 3.45. The predicted octanol–water partition coefficient (Wildman–Crippen LogP) is 3.38. The first-order valence-electron chi connectivity index (χ1n) is 8.28. The van der Waals surface area contributed by atoms with Crippen molar-refractivity contribution in [1.29, 1.82) is 0 Å². The van der Waals surface area contributed by atoms with Gasteiger partial charge in [-0.3, -0.25) is 0 Å². The normalized spacial score (nSPS) is 14.1. The van der Waals surface area contributed by atoms with Crippen LogP contribution >= 0.6 is 0 Å². The summed E-state index contributed by atoms with van der Waals surface area (Å²) in [5.74, 6) is 0. The molecular formula is C18H29NO4Si. The van der Waals surface area contributed by atoms with Crippen molar-refractivity contribution in [3.8, 4) is 0 Å². The fraction of sp³-hybridized carbons (Fsp3) is 0.556. The van der Waals surface area contributed by atoms with Crippen LogP contribution in [0, 0.1) is 0 Å². The lowest BCUT2D eigenvalue weighted by molar-refractivity contribution is -0.121. The molecule has 0 fully saturated rings. The van der Waals surface area contributed by atoms with E-state index in [9.17, 15) is 9.59 Å². The highest BCUT2D eigenvalue weighted by Gasteiger charge is 2.34. The Labute approximate surface area is 146 Å². The Morgan fingerprint density at radius 3 is 2.29 bits per heavy atom. The van der Waals surface area contributed by atoms with Crippen molar-refractivity contribution in [2.75, 3.05) is 0 Å². The van der Waals surface area contributed by atoms with E-state index >= 15 is 0 Å². The number of aldehydes is 1. The number of hydrogen-bond donors (Lipinski definition) is 0. The van der Waals surface area contributed by atoms with Crippen molar-refractivity contribution in [2.45, 2.75) is 65.1 Å². The lowest BCUT2D eigenvalue weighted by Crippen LogP contribution is -2.54. The minimum Gasteiger partial charge on any atom is -0.445 e. The van der Waals surface area contributed by atoms with E-state index in [2.05, 4.69) is 0 Å². The van der Waals surface area contributed by atoms with Gasteiger partial charge in [0.1, 0.15) is 27.9 Å². The van der Waals surface area contributed by atoms with Gasteiger partial charge in [-0.2, -0.15) is 0 Å². The van der Waals surface area contributed by atoms with E-state index < -0.39 is 32.8 Å². The van der Waals surface area contributed by atoms with Crippen LogP contribution in [-0.2, 0) is 20.9 Å². The largest absolute Gasteiger partial charge is 0.445 e. The lowest BCUT2D eigenvalue weighted by Gasteiger charge is -2.36. The number of amides is 1. The SMILES string of the molecule is C[C@@H](OC(C)(C)C)[C@@H](C=O)N(C(=O)OCc1ccccc1)[SiH](C)C. The summed E-state index contributed by atoms with van der Waals surface area (Å²) in [4.78, 5) is 24.2. The molecule has 24 heavy (non-hydrogen) atoms. The first-order valence-corrected chi connectivity index (χ1v) is 11.1. The molecule has 0 aliphatic rings. The van der Waals surface area contributed by atoms with Crippen LogP contribution < -0.4 is 0 Å². The summed E-state index contributed by atoms with van der Waals surface area (Å²) < 4.78 is 12.9. The standard InChI is InChI=1S/C18H29NO4Si/c1-14(23-18(2,3)4)16(12-20)19(24(5)6)17(21)22-13-15-10-8-7-9-11-15/h7-12,14,16,24H,13H2,1-6H3/t14-,16-/m1/s1. The predicted molar refractivity (Wildman–Crippen MR) is 97.5 cm³/mol. The molecule has 0 spiro atoms. The van der Waals surface area contributed by atoms with Gasteiger partial charge in [0.25, 0.3) is 0 Å². The number of carbonyl (C=O) groups is 2. The average Bonchev–Trinajstić information content (AvgIpc) is 2.48. The van der Waals surface area contributed by atoms with Crippen molar-refractivity contribution < 1.29 is 19.1 Å². The Balaban J connectivity index is 2.82. The number of rotatable bonds is 7. The monoisotopic (exact) mass is 351 g/mol. The smallest absolute Gasteiger partial charge is 0.402 e. The van der Waals surface area contributed by atoms with E-state index in [4.69, 9.17) is 9.47 Å². The van der Waals surface area contributed by atoms with Gasteiger partial charge in [0.15, 0.2) is 0 Å². The van der Waals surface area contributed by atoms with Crippen molar-refractivity contribution in [3.05, 3.63) is 35.9 Å². The molecule has 6 heteroatoms. The first kappa shape index (κ1) is 20.4. The highest BCUT2D eigenvalue weighted by Crippen LogP contribution is 2.18. The molecule has 0 aliphatic heterocycles. The third-order valence-corrected chi connectivity index (χ3v) is 5.12. The number of ether oxygens (including phenoxy) is 2. The summed E-state index contributed by atoms with van der Waals surface area (Å²) in [5, 5.41) is 0. The fourth-order valence-corrected chi connectivity index (χ4v) is 4.00. The van der Waals surface area contributed by atoms with Gasteiger partial charge in [-0.15, -0.1) is 0 Å². The molecule has 0 N–H and O–H groups in total. The maximum absolute atomic E-state index is 12.6. The zero-order chi connectivity index (χ0) is 18.3. The Bertz CT molecular complexity index is 528. The molecule has 0 bridgehead atoms. The van der Waals surface area contributed by atoms with Crippen molar-refractivity contribution in [1.82, 2.24) is 4.57 Å². The Morgan fingerprint density at radius 1 is 1.25 bits per heavy atom. The number of hydrogen-bond acceptors (Lipinski definition) is 4. The molecule has 2 atom stereocenters. The molecule has 0 radical (unpaired) electrons. The molecule has 0 saturated heterocycles. The number of nitrogens with zero attached hydrogens (tertiary/aromatic N) is 1. The summed E-state index contributed by atoms with van der Waals surface area (Å²) in [6, 6.07) is 8.85. The van der Waals surface area contributed by atoms with Crippen LogP contribution in [0.4, 0.5) is 4.79 Å². The minimum absolute atomic E-state index is 0.192. The van der Waals surface area contributed by atoms with Crippen LogP contribution in [0.2, 0.25) is 13.1 Å². The van der Waals surface area contributed by atoms with Gasteiger partial charge in [-0.05, 0) is 33.3 Å². The topological polar surface area (TPSA) is 55.8 Å². The van der Waals surface area contributed by atoms with E-state index in [1.165, 1.54) is 0 Å². The average molecular weight is 352 g/mol. The van der Waals surface area contributed by atoms with Gasteiger partial charge in [-0.1, -0.05) is 43.4 Å². The van der Waals surface area contributed by atoms with Crippen LogP contribution in [-0.4, -0.2) is 43.7 Å². The molecular weight excluding hydrogens is 322 g/mol. The second-order valence-electron chi connectivity index (χ2n) is 7.10. The molecule has 1 aromatic rings. The number of carbonyl (C=O) groups excluding carboxylic acids is 2. The first-order chi connectivity index (χ1) is 11.2. The van der Waals surface area contributed by atoms with Gasteiger partial charge in [0.05, 0.1) is 11.7 Å². The van der Waals surface area contributed by atoms with Crippen LogP contribution in [0.15, 0.2) is 30.3 Å². The Hall–Kier alpha value is -1.66. The fourth-order valence-electron chi connectivity index (χ4n) is 2.50. The van der Waals surface area contributed by atoms with Crippen LogP contribution in [0.3, 0.4) is 0 Å². The Morgan fingerprint density at radius 2 is 1.83 bits per heavy atom. The molecule has 0 heterocycles. The molecule has 0 saturated carbocycles. The molecule has 134 valence electrons. The zero-order valence-electron chi connectivity index (χ0n) is 15.5. The molecule has 1 rings (SSSR count). The van der Waals surface area contributed by atoms with Gasteiger partial charge in [-0.25, -0.2) is 4.79 Å². The Kier molecular flexibility index (Phi) is 7.63. The summed E-state index contributed by atoms with van der Waals surface area (Å²) in [5.41, 5.74) is 0.525. The minimum atomic E-state index is -1.62. The molecule has 0 aliphatic carbocycles. The van der Waals surface area contributed by atoms with Crippen LogP contribution in [0.1, 0.15) is 33.3 Å². The van der Waals surface area contributed by atoms with Gasteiger partial charge >= 0.3 is 6.09 Å². The van der Waals surface area contributed by atoms with Gasteiger partial charge in [0.2, 0.25) is 0 Å². The lowest BCUT2D eigenvalue weighted by atomic mass is 10.1. The van der Waals surface area contributed by atoms with Gasteiger partial charge < -0.3 is 18.8 Å². The summed E-state index contributed by atoms with van der Waals surface area (Å²) >= 11 is 0. The van der Waals surface area contributed by atoms with Crippen molar-refractivity contribution in [2.24, 2.45) is 0 Å².